The predicted molar refractivity (Wildman–Crippen MR) is 95.3 cm³/mol. The molecule has 1 unspecified atom stereocenters. The molecule has 5 nitrogen and oxygen atoms in total. The van der Waals surface area contributed by atoms with Gasteiger partial charge in [0.25, 0.3) is 5.91 Å². The van der Waals surface area contributed by atoms with E-state index in [-0.39, 0.29) is 11.9 Å². The molecule has 25 heavy (non-hydrogen) atoms. The van der Waals surface area contributed by atoms with Gasteiger partial charge in [-0.3, -0.25) is 9.48 Å². The number of para-hydroxylation sites is 1. The van der Waals surface area contributed by atoms with Crippen LogP contribution in [0.1, 0.15) is 34.6 Å². The summed E-state index contributed by atoms with van der Waals surface area (Å²) in [6, 6.07) is 17.6. The second-order valence-electron chi connectivity index (χ2n) is 6.19. The van der Waals surface area contributed by atoms with Crippen LogP contribution in [0.3, 0.4) is 0 Å². The average molecular weight is 333 g/mol. The van der Waals surface area contributed by atoms with Gasteiger partial charge in [0.05, 0.1) is 11.7 Å². The topological polar surface area (TPSA) is 56.2 Å². The molecule has 1 aliphatic rings. The van der Waals surface area contributed by atoms with Crippen molar-refractivity contribution in [3.8, 4) is 17.0 Å². The van der Waals surface area contributed by atoms with Crippen LogP contribution >= 0.6 is 0 Å². The quantitative estimate of drug-likeness (QED) is 0.798. The van der Waals surface area contributed by atoms with Crippen LogP contribution in [0.5, 0.6) is 5.75 Å². The number of ether oxygens (including phenoxy) is 1. The standard InChI is InChI=1S/C20H19N3O2/c1-13(14-8-4-3-5-9-14)21-20(24)18-16-12-25-17-11-7-6-10-15(17)19(16)23(2)22-18/h3-11,13H,12H2,1-2H3,(H,21,24). The summed E-state index contributed by atoms with van der Waals surface area (Å²) in [5, 5.41) is 7.49. The molecule has 2 heterocycles. The summed E-state index contributed by atoms with van der Waals surface area (Å²) in [5.74, 6) is 0.638. The van der Waals surface area contributed by atoms with Gasteiger partial charge in [-0.1, -0.05) is 42.5 Å². The third-order valence-corrected chi connectivity index (χ3v) is 4.52. The largest absolute Gasteiger partial charge is 0.488 e. The molecule has 0 bridgehead atoms. The Kier molecular flexibility index (Phi) is 3.76. The summed E-state index contributed by atoms with van der Waals surface area (Å²) < 4.78 is 7.57. The molecule has 1 aliphatic heterocycles. The molecule has 1 atom stereocenters. The molecule has 4 rings (SSSR count). The minimum absolute atomic E-state index is 0.0943. The fourth-order valence-electron chi connectivity index (χ4n) is 3.25. The van der Waals surface area contributed by atoms with Crippen LogP contribution in [0.4, 0.5) is 0 Å². The van der Waals surface area contributed by atoms with E-state index < -0.39 is 0 Å². The zero-order valence-electron chi connectivity index (χ0n) is 14.2. The van der Waals surface area contributed by atoms with Gasteiger partial charge in [-0.05, 0) is 24.6 Å². The molecule has 0 aliphatic carbocycles. The second kappa shape index (κ2) is 6.09. The molecular formula is C20H19N3O2. The van der Waals surface area contributed by atoms with Crippen molar-refractivity contribution in [2.75, 3.05) is 0 Å². The van der Waals surface area contributed by atoms with Crippen LogP contribution in [0.15, 0.2) is 54.6 Å². The van der Waals surface area contributed by atoms with Gasteiger partial charge in [-0.25, -0.2) is 0 Å². The Balaban J connectivity index is 1.66. The van der Waals surface area contributed by atoms with Crippen molar-refractivity contribution in [1.82, 2.24) is 15.1 Å². The number of rotatable bonds is 3. The summed E-state index contributed by atoms with van der Waals surface area (Å²) in [5.41, 5.74) is 4.23. The number of nitrogens with zero attached hydrogens (tertiary/aromatic N) is 2. The monoisotopic (exact) mass is 333 g/mol. The summed E-state index contributed by atoms with van der Waals surface area (Å²) in [6.45, 7) is 2.32. The lowest BCUT2D eigenvalue weighted by Crippen LogP contribution is -2.28. The zero-order valence-corrected chi connectivity index (χ0v) is 14.2. The van der Waals surface area contributed by atoms with Crippen molar-refractivity contribution in [3.05, 3.63) is 71.4 Å². The molecule has 0 saturated heterocycles. The van der Waals surface area contributed by atoms with Gasteiger partial charge in [0.1, 0.15) is 12.4 Å². The molecule has 0 radical (unpaired) electrons. The Morgan fingerprint density at radius 3 is 2.68 bits per heavy atom. The first-order valence-corrected chi connectivity index (χ1v) is 8.29. The summed E-state index contributed by atoms with van der Waals surface area (Å²) in [7, 11) is 1.86. The zero-order chi connectivity index (χ0) is 17.4. The Morgan fingerprint density at radius 1 is 1.16 bits per heavy atom. The average Bonchev–Trinajstić information content (AvgIpc) is 3.00. The fraction of sp³-hybridized carbons (Fsp3) is 0.200. The van der Waals surface area contributed by atoms with Crippen molar-refractivity contribution in [2.24, 2.45) is 7.05 Å². The van der Waals surface area contributed by atoms with Gasteiger partial charge in [-0.15, -0.1) is 0 Å². The van der Waals surface area contributed by atoms with Crippen molar-refractivity contribution in [2.45, 2.75) is 19.6 Å². The van der Waals surface area contributed by atoms with Gasteiger partial charge >= 0.3 is 0 Å². The first-order chi connectivity index (χ1) is 12.1. The van der Waals surface area contributed by atoms with E-state index in [0.29, 0.717) is 12.3 Å². The maximum atomic E-state index is 12.8. The minimum atomic E-state index is -0.184. The van der Waals surface area contributed by atoms with Crippen LogP contribution in [-0.4, -0.2) is 15.7 Å². The minimum Gasteiger partial charge on any atom is -0.488 e. The fourth-order valence-corrected chi connectivity index (χ4v) is 3.25. The number of carbonyl (C=O) groups excluding carboxylic acids is 1. The number of hydrogen-bond donors (Lipinski definition) is 1. The molecule has 2 aromatic carbocycles. The van der Waals surface area contributed by atoms with E-state index in [4.69, 9.17) is 4.74 Å². The Morgan fingerprint density at radius 2 is 1.88 bits per heavy atom. The van der Waals surface area contributed by atoms with Crippen molar-refractivity contribution >= 4 is 5.91 Å². The van der Waals surface area contributed by atoms with Crippen molar-refractivity contribution in [1.29, 1.82) is 0 Å². The highest BCUT2D eigenvalue weighted by Crippen LogP contribution is 2.38. The number of hydrogen-bond acceptors (Lipinski definition) is 3. The van der Waals surface area contributed by atoms with Gasteiger partial charge in [-0.2, -0.15) is 5.10 Å². The van der Waals surface area contributed by atoms with E-state index in [1.807, 2.05) is 68.6 Å². The number of fused-ring (bicyclic) bond motifs is 3. The molecule has 5 heteroatoms. The highest BCUT2D eigenvalue weighted by atomic mass is 16.5. The summed E-state index contributed by atoms with van der Waals surface area (Å²) >= 11 is 0. The number of carbonyl (C=O) groups is 1. The number of amides is 1. The van der Waals surface area contributed by atoms with Gasteiger partial charge in [0.2, 0.25) is 0 Å². The summed E-state index contributed by atoms with van der Waals surface area (Å²) in [6.07, 6.45) is 0. The van der Waals surface area contributed by atoms with Crippen LogP contribution in [-0.2, 0) is 13.7 Å². The highest BCUT2D eigenvalue weighted by Gasteiger charge is 2.28. The maximum Gasteiger partial charge on any atom is 0.272 e. The molecule has 0 saturated carbocycles. The first kappa shape index (κ1) is 15.4. The number of nitrogens with one attached hydrogen (secondary N) is 1. The third kappa shape index (κ3) is 2.67. The van der Waals surface area contributed by atoms with E-state index in [1.165, 1.54) is 0 Å². The van der Waals surface area contributed by atoms with Crippen LogP contribution in [0, 0.1) is 0 Å². The van der Waals surface area contributed by atoms with Gasteiger partial charge < -0.3 is 10.1 Å². The van der Waals surface area contributed by atoms with E-state index in [1.54, 1.807) is 4.68 Å². The molecule has 1 N–H and O–H groups in total. The lowest BCUT2D eigenvalue weighted by Gasteiger charge is -2.19. The van der Waals surface area contributed by atoms with Crippen LogP contribution in [0.25, 0.3) is 11.3 Å². The highest BCUT2D eigenvalue weighted by molar-refractivity contribution is 5.96. The van der Waals surface area contributed by atoms with Crippen molar-refractivity contribution in [3.63, 3.8) is 0 Å². The first-order valence-electron chi connectivity index (χ1n) is 8.29. The van der Waals surface area contributed by atoms with E-state index in [9.17, 15) is 4.79 Å². The van der Waals surface area contributed by atoms with E-state index in [0.717, 1.165) is 28.1 Å². The lowest BCUT2D eigenvalue weighted by atomic mass is 10.0. The maximum absolute atomic E-state index is 12.8. The van der Waals surface area contributed by atoms with Crippen LogP contribution < -0.4 is 10.1 Å². The smallest absolute Gasteiger partial charge is 0.272 e. The van der Waals surface area contributed by atoms with Gasteiger partial charge in [0.15, 0.2) is 5.69 Å². The number of benzene rings is 2. The van der Waals surface area contributed by atoms with E-state index >= 15 is 0 Å². The number of aromatic nitrogens is 2. The Labute approximate surface area is 146 Å². The second-order valence-corrected chi connectivity index (χ2v) is 6.19. The molecule has 1 aromatic heterocycles. The molecule has 0 fully saturated rings. The predicted octanol–water partition coefficient (Wildman–Crippen LogP) is 3.47. The van der Waals surface area contributed by atoms with Crippen LogP contribution in [0.2, 0.25) is 0 Å². The lowest BCUT2D eigenvalue weighted by molar-refractivity contribution is 0.0931. The molecular weight excluding hydrogens is 314 g/mol. The molecule has 3 aromatic rings. The Bertz CT molecular complexity index is 931. The molecule has 1 amide bonds. The molecule has 0 spiro atoms. The Hall–Kier alpha value is -3.08. The van der Waals surface area contributed by atoms with E-state index in [2.05, 4.69) is 10.4 Å². The number of aryl methyl sites for hydroxylation is 1. The SMILES string of the molecule is CC(NC(=O)c1nn(C)c2c1COc1ccccc1-2)c1ccccc1. The van der Waals surface area contributed by atoms with Crippen molar-refractivity contribution < 1.29 is 9.53 Å². The summed E-state index contributed by atoms with van der Waals surface area (Å²) in [4.78, 5) is 12.8. The van der Waals surface area contributed by atoms with Gasteiger partial charge in [0, 0.05) is 18.2 Å². The molecule has 126 valence electrons. The normalized spacial score (nSPS) is 13.4. The third-order valence-electron chi connectivity index (χ3n) is 4.52.